The first-order valence-corrected chi connectivity index (χ1v) is 7.00. The van der Waals surface area contributed by atoms with Crippen LogP contribution in [0.3, 0.4) is 0 Å². The molecule has 4 nitrogen and oxygen atoms in total. The fourth-order valence-corrected chi connectivity index (χ4v) is 3.48. The van der Waals surface area contributed by atoms with Crippen LogP contribution in [0.5, 0.6) is 0 Å². The molecule has 0 spiro atoms. The number of hydrogen-bond acceptors (Lipinski definition) is 3. The van der Waals surface area contributed by atoms with Crippen LogP contribution in [0.25, 0.3) is 0 Å². The minimum Gasteiger partial charge on any atom is -0.384 e. The van der Waals surface area contributed by atoms with E-state index in [4.69, 9.17) is 0 Å². The maximum absolute atomic E-state index is 10.8. The SMILES string of the molecule is CCNC1CCC(O)(c2c(Br)cnn2C)CC1. The van der Waals surface area contributed by atoms with Gasteiger partial charge in [-0.2, -0.15) is 5.10 Å². The molecular formula is C12H20BrN3O. The lowest BCUT2D eigenvalue weighted by atomic mass is 9.80. The summed E-state index contributed by atoms with van der Waals surface area (Å²) >= 11 is 3.47. The third kappa shape index (κ3) is 2.56. The van der Waals surface area contributed by atoms with Gasteiger partial charge in [-0.05, 0) is 48.2 Å². The van der Waals surface area contributed by atoms with Gasteiger partial charge in [0.05, 0.1) is 16.4 Å². The molecule has 1 aromatic rings. The maximum atomic E-state index is 10.8. The highest BCUT2D eigenvalue weighted by Crippen LogP contribution is 2.39. The molecule has 1 aromatic heterocycles. The summed E-state index contributed by atoms with van der Waals surface area (Å²) in [5, 5.41) is 18.4. The van der Waals surface area contributed by atoms with Crippen LogP contribution in [0.15, 0.2) is 10.7 Å². The minimum atomic E-state index is -0.726. The average Bonchev–Trinajstić information content (AvgIpc) is 2.63. The molecule has 0 amide bonds. The summed E-state index contributed by atoms with van der Waals surface area (Å²) in [7, 11) is 1.88. The van der Waals surface area contributed by atoms with Crippen molar-refractivity contribution >= 4 is 15.9 Å². The van der Waals surface area contributed by atoms with E-state index in [-0.39, 0.29) is 0 Å². The van der Waals surface area contributed by atoms with Gasteiger partial charge in [0.1, 0.15) is 5.60 Å². The van der Waals surface area contributed by atoms with Crippen molar-refractivity contribution in [1.82, 2.24) is 15.1 Å². The Morgan fingerprint density at radius 3 is 2.71 bits per heavy atom. The van der Waals surface area contributed by atoms with Crippen molar-refractivity contribution in [2.45, 2.75) is 44.2 Å². The molecule has 1 aliphatic rings. The second kappa shape index (κ2) is 5.08. The molecule has 0 aliphatic heterocycles. The molecule has 1 heterocycles. The van der Waals surface area contributed by atoms with Crippen molar-refractivity contribution in [1.29, 1.82) is 0 Å². The van der Waals surface area contributed by atoms with Crippen LogP contribution in [0.1, 0.15) is 38.3 Å². The Bertz CT molecular complexity index is 364. The largest absolute Gasteiger partial charge is 0.384 e. The first kappa shape index (κ1) is 13.1. The van der Waals surface area contributed by atoms with Crippen molar-refractivity contribution in [2.75, 3.05) is 6.54 Å². The van der Waals surface area contributed by atoms with Crippen molar-refractivity contribution in [2.24, 2.45) is 7.05 Å². The summed E-state index contributed by atoms with van der Waals surface area (Å²) in [5.41, 5.74) is 0.183. The number of hydrogen-bond donors (Lipinski definition) is 2. The Morgan fingerprint density at radius 1 is 1.59 bits per heavy atom. The third-order valence-corrected chi connectivity index (χ3v) is 4.22. The lowest BCUT2D eigenvalue weighted by molar-refractivity contribution is -0.0158. The van der Waals surface area contributed by atoms with Crippen molar-refractivity contribution in [3.8, 4) is 0 Å². The highest BCUT2D eigenvalue weighted by Gasteiger charge is 2.38. The molecule has 1 aliphatic carbocycles. The number of aliphatic hydroxyl groups is 1. The predicted octanol–water partition coefficient (Wildman–Crippen LogP) is 1.92. The Kier molecular flexibility index (Phi) is 3.90. The molecule has 0 unspecified atom stereocenters. The summed E-state index contributed by atoms with van der Waals surface area (Å²) in [4.78, 5) is 0. The van der Waals surface area contributed by atoms with E-state index in [0.29, 0.717) is 6.04 Å². The summed E-state index contributed by atoms with van der Waals surface area (Å²) in [6, 6.07) is 0.548. The average molecular weight is 302 g/mol. The van der Waals surface area contributed by atoms with Gasteiger partial charge in [0.2, 0.25) is 0 Å². The normalized spacial score (nSPS) is 29.5. The molecule has 0 atom stereocenters. The van der Waals surface area contributed by atoms with Crippen LogP contribution in [0.4, 0.5) is 0 Å². The van der Waals surface area contributed by atoms with Gasteiger partial charge in [-0.25, -0.2) is 0 Å². The summed E-state index contributed by atoms with van der Waals surface area (Å²) in [5.74, 6) is 0. The molecule has 2 N–H and O–H groups in total. The van der Waals surface area contributed by atoms with Gasteiger partial charge >= 0.3 is 0 Å². The molecule has 0 bridgehead atoms. The van der Waals surface area contributed by atoms with Gasteiger partial charge in [-0.3, -0.25) is 4.68 Å². The monoisotopic (exact) mass is 301 g/mol. The zero-order valence-corrected chi connectivity index (χ0v) is 12.0. The van der Waals surface area contributed by atoms with Crippen LogP contribution >= 0.6 is 15.9 Å². The summed E-state index contributed by atoms with van der Waals surface area (Å²) < 4.78 is 2.68. The van der Waals surface area contributed by atoms with E-state index in [1.165, 1.54) is 0 Å². The fourth-order valence-electron chi connectivity index (χ4n) is 2.76. The number of halogens is 1. The smallest absolute Gasteiger partial charge is 0.107 e. The minimum absolute atomic E-state index is 0.548. The number of nitrogens with one attached hydrogen (secondary N) is 1. The van der Waals surface area contributed by atoms with Crippen molar-refractivity contribution in [3.63, 3.8) is 0 Å². The molecule has 96 valence electrons. The molecule has 0 radical (unpaired) electrons. The van der Waals surface area contributed by atoms with Crippen molar-refractivity contribution < 1.29 is 5.11 Å². The Hall–Kier alpha value is -0.390. The molecule has 17 heavy (non-hydrogen) atoms. The molecule has 0 aromatic carbocycles. The van der Waals surface area contributed by atoms with Crippen LogP contribution in [0, 0.1) is 0 Å². The molecule has 1 fully saturated rings. The van der Waals surface area contributed by atoms with E-state index in [1.54, 1.807) is 10.9 Å². The van der Waals surface area contributed by atoms with Crippen LogP contribution in [-0.4, -0.2) is 27.5 Å². The molecule has 1 saturated carbocycles. The van der Waals surface area contributed by atoms with Crippen molar-refractivity contribution in [3.05, 3.63) is 16.4 Å². The van der Waals surface area contributed by atoms with Gasteiger partial charge in [-0.15, -0.1) is 0 Å². The van der Waals surface area contributed by atoms with Gasteiger partial charge in [0.25, 0.3) is 0 Å². The highest BCUT2D eigenvalue weighted by molar-refractivity contribution is 9.10. The Morgan fingerprint density at radius 2 is 2.24 bits per heavy atom. The first-order valence-electron chi connectivity index (χ1n) is 6.20. The Labute approximate surface area is 111 Å². The molecular weight excluding hydrogens is 282 g/mol. The number of nitrogens with zero attached hydrogens (tertiary/aromatic N) is 2. The number of aryl methyl sites for hydroxylation is 1. The van der Waals surface area contributed by atoms with E-state index in [2.05, 4.69) is 33.3 Å². The quantitative estimate of drug-likeness (QED) is 0.897. The summed E-state index contributed by atoms with van der Waals surface area (Å²) in [6.45, 7) is 3.12. The zero-order chi connectivity index (χ0) is 12.5. The second-order valence-electron chi connectivity index (χ2n) is 4.83. The van der Waals surface area contributed by atoms with Crippen LogP contribution in [-0.2, 0) is 12.6 Å². The topological polar surface area (TPSA) is 50.1 Å². The van der Waals surface area contributed by atoms with E-state index in [9.17, 15) is 5.11 Å². The lowest BCUT2D eigenvalue weighted by Gasteiger charge is -2.36. The standard InChI is InChI=1S/C12H20BrN3O/c1-3-14-9-4-6-12(17,7-5-9)11-10(13)8-15-16(11)2/h8-9,14,17H,3-7H2,1-2H3. The van der Waals surface area contributed by atoms with E-state index >= 15 is 0 Å². The lowest BCUT2D eigenvalue weighted by Crippen LogP contribution is -2.40. The van der Waals surface area contributed by atoms with E-state index < -0.39 is 5.60 Å². The van der Waals surface area contributed by atoms with E-state index in [0.717, 1.165) is 42.4 Å². The number of aromatic nitrogens is 2. The molecule has 0 saturated heterocycles. The van der Waals surface area contributed by atoms with Gasteiger partial charge < -0.3 is 10.4 Å². The maximum Gasteiger partial charge on any atom is 0.107 e. The van der Waals surface area contributed by atoms with Gasteiger partial charge in [-0.1, -0.05) is 6.92 Å². The van der Waals surface area contributed by atoms with Gasteiger partial charge in [0.15, 0.2) is 0 Å². The Balaban J connectivity index is 2.12. The fraction of sp³-hybridized carbons (Fsp3) is 0.750. The van der Waals surface area contributed by atoms with Crippen LogP contribution in [0.2, 0.25) is 0 Å². The summed E-state index contributed by atoms with van der Waals surface area (Å²) in [6.07, 6.45) is 5.37. The zero-order valence-electron chi connectivity index (χ0n) is 10.4. The highest BCUT2D eigenvalue weighted by atomic mass is 79.9. The first-order chi connectivity index (χ1) is 8.07. The molecule has 5 heteroatoms. The van der Waals surface area contributed by atoms with E-state index in [1.807, 2.05) is 7.05 Å². The molecule has 2 rings (SSSR count). The predicted molar refractivity (Wildman–Crippen MR) is 70.7 cm³/mol. The third-order valence-electron chi connectivity index (χ3n) is 3.64. The number of rotatable bonds is 3. The van der Waals surface area contributed by atoms with Crippen LogP contribution < -0.4 is 5.32 Å². The van der Waals surface area contributed by atoms with Gasteiger partial charge in [0, 0.05) is 13.1 Å². The second-order valence-corrected chi connectivity index (χ2v) is 5.68.